The molecule has 0 aromatic heterocycles. The van der Waals surface area contributed by atoms with Gasteiger partial charge in [-0.2, -0.15) is 0 Å². The molecule has 4 heteroatoms. The van der Waals surface area contributed by atoms with Crippen LogP contribution in [0.1, 0.15) is 123 Å². The number of aliphatic hydroxyl groups is 2. The Kier molecular flexibility index (Phi) is 21.6. The van der Waals surface area contributed by atoms with Crippen molar-refractivity contribution in [2.75, 3.05) is 0 Å². The van der Waals surface area contributed by atoms with Crippen molar-refractivity contribution in [2.24, 2.45) is 11.8 Å². The van der Waals surface area contributed by atoms with Gasteiger partial charge in [0.05, 0.1) is 11.2 Å². The van der Waals surface area contributed by atoms with Crippen molar-refractivity contribution in [1.29, 1.82) is 0 Å². The summed E-state index contributed by atoms with van der Waals surface area (Å²) in [5, 5.41) is 21.3. The summed E-state index contributed by atoms with van der Waals surface area (Å²) in [7, 11) is 0. The van der Waals surface area contributed by atoms with Crippen LogP contribution in [0.25, 0.3) is 0 Å². The van der Waals surface area contributed by atoms with E-state index in [9.17, 15) is 10.2 Å². The molecular weight excluding hydrogens is 665 g/mol. The van der Waals surface area contributed by atoms with Crippen molar-refractivity contribution in [3.05, 3.63) is 154 Å². The first-order valence-corrected chi connectivity index (χ1v) is 19.6. The van der Waals surface area contributed by atoms with Crippen LogP contribution in [-0.4, -0.2) is 33.1 Å². The summed E-state index contributed by atoms with van der Waals surface area (Å²) < 4.78 is 0. The maximum Gasteiger partial charge on any atom is 0.105 e. The first kappa shape index (κ1) is 48.5. The Morgan fingerprint density at radius 1 is 0.630 bits per heavy atom. The van der Waals surface area contributed by atoms with Gasteiger partial charge < -0.3 is 10.2 Å². The fourth-order valence-corrected chi connectivity index (χ4v) is 5.74. The van der Waals surface area contributed by atoms with Crippen LogP contribution in [0.5, 0.6) is 0 Å². The van der Waals surface area contributed by atoms with Crippen LogP contribution in [-0.2, 0) is 9.78 Å². The molecule has 1 saturated heterocycles. The predicted molar refractivity (Wildman–Crippen MR) is 235 cm³/mol. The third-order valence-corrected chi connectivity index (χ3v) is 9.29. The van der Waals surface area contributed by atoms with Crippen molar-refractivity contribution >= 4 is 0 Å². The van der Waals surface area contributed by atoms with Gasteiger partial charge in [-0.3, -0.25) is 0 Å². The third-order valence-electron chi connectivity index (χ3n) is 9.29. The first-order valence-electron chi connectivity index (χ1n) is 19.6. The lowest BCUT2D eigenvalue weighted by Gasteiger charge is -2.30. The highest BCUT2D eigenvalue weighted by Gasteiger charge is 2.42. The summed E-state index contributed by atoms with van der Waals surface area (Å²) in [5.41, 5.74) is 6.44. The highest BCUT2D eigenvalue weighted by atomic mass is 17.2. The molecule has 0 amide bonds. The van der Waals surface area contributed by atoms with E-state index in [1.807, 2.05) is 59.8 Å². The molecule has 0 aromatic rings. The Hall–Kier alpha value is -3.54. The van der Waals surface area contributed by atoms with Crippen LogP contribution in [0.3, 0.4) is 0 Å². The average Bonchev–Trinajstić information content (AvgIpc) is 3.40. The molecule has 0 aromatic carbocycles. The molecule has 2 N–H and O–H groups in total. The van der Waals surface area contributed by atoms with Crippen molar-refractivity contribution in [3.8, 4) is 0 Å². The van der Waals surface area contributed by atoms with Gasteiger partial charge in [0, 0.05) is 12.3 Å². The topological polar surface area (TPSA) is 58.9 Å². The van der Waals surface area contributed by atoms with Crippen LogP contribution < -0.4 is 0 Å². The molecule has 0 bridgehead atoms. The molecule has 0 saturated carbocycles. The molecule has 0 radical (unpaired) electrons. The average molecular weight is 739 g/mol. The molecule has 0 aliphatic carbocycles. The summed E-state index contributed by atoms with van der Waals surface area (Å²) in [6.07, 6.45) is 43.3. The second-order valence-corrected chi connectivity index (χ2v) is 17.0. The Morgan fingerprint density at radius 2 is 1.06 bits per heavy atom. The monoisotopic (exact) mass is 739 g/mol. The smallest absolute Gasteiger partial charge is 0.105 e. The molecule has 298 valence electrons. The van der Waals surface area contributed by atoms with E-state index in [0.29, 0.717) is 0 Å². The Balaban J connectivity index is 2.63. The third kappa shape index (κ3) is 22.6. The Bertz CT molecular complexity index is 1570. The van der Waals surface area contributed by atoms with Crippen LogP contribution in [0.15, 0.2) is 154 Å². The highest BCUT2D eigenvalue weighted by molar-refractivity contribution is 5.33. The number of rotatable bonds is 20. The van der Waals surface area contributed by atoms with E-state index in [1.54, 1.807) is 0 Å². The van der Waals surface area contributed by atoms with Crippen LogP contribution in [0.4, 0.5) is 0 Å². The molecule has 0 spiro atoms. The Labute approximate surface area is 330 Å². The minimum Gasteiger partial charge on any atom is -0.390 e. The number of allylic oxidation sites excluding steroid dienone is 25. The standard InChI is InChI=1S/C50H74O4/c1-38(2)31-34-45(49(11,12)51)35-32-43(7)29-19-27-41(5)25-17-23-39(3)21-15-16-22-40(4)24-18-26-42(6)28-20-30-44(8)33-36-46(50(13,14)52)47-37-48(9,10)54-53-47/h15-31,33,36,45-47,51-52H,32,34-35,37H2,1-14H3/b16-15+,23-17+,24-18+,27-19+,28-20+,36-33+,39-21+,40-22+,41-25+,42-26+,43-29+,44-30+/t45-,46+,47?/m0/s1. The quantitative estimate of drug-likeness (QED) is 0.0742. The Morgan fingerprint density at radius 3 is 1.44 bits per heavy atom. The molecule has 1 heterocycles. The van der Waals surface area contributed by atoms with E-state index >= 15 is 0 Å². The molecular formula is C50H74O4. The fourth-order valence-electron chi connectivity index (χ4n) is 5.74. The van der Waals surface area contributed by atoms with Gasteiger partial charge in [0.15, 0.2) is 0 Å². The zero-order chi connectivity index (χ0) is 41.0. The number of hydrogen-bond donors (Lipinski definition) is 2. The summed E-state index contributed by atoms with van der Waals surface area (Å²) in [4.78, 5) is 11.0. The second kappa shape index (κ2) is 24.1. The van der Waals surface area contributed by atoms with Gasteiger partial charge in [-0.1, -0.05) is 154 Å². The molecule has 3 atom stereocenters. The van der Waals surface area contributed by atoms with Gasteiger partial charge in [0.2, 0.25) is 0 Å². The highest BCUT2D eigenvalue weighted by Crippen LogP contribution is 2.36. The normalized spacial score (nSPS) is 20.3. The van der Waals surface area contributed by atoms with Gasteiger partial charge in [-0.25, -0.2) is 9.78 Å². The van der Waals surface area contributed by atoms with Crippen LogP contribution in [0, 0.1) is 11.8 Å². The van der Waals surface area contributed by atoms with Crippen LogP contribution in [0.2, 0.25) is 0 Å². The molecule has 4 nitrogen and oxygen atoms in total. The molecule has 1 fully saturated rings. The molecule has 1 rings (SSSR count). The fraction of sp³-hybridized carbons (Fsp3) is 0.480. The van der Waals surface area contributed by atoms with Gasteiger partial charge in [0.1, 0.15) is 11.7 Å². The van der Waals surface area contributed by atoms with Crippen molar-refractivity contribution in [2.45, 2.75) is 146 Å². The maximum atomic E-state index is 10.7. The van der Waals surface area contributed by atoms with Crippen molar-refractivity contribution in [3.63, 3.8) is 0 Å². The van der Waals surface area contributed by atoms with E-state index in [4.69, 9.17) is 9.78 Å². The first-order chi connectivity index (χ1) is 25.1. The lowest BCUT2D eigenvalue weighted by atomic mass is 9.82. The van der Waals surface area contributed by atoms with E-state index < -0.39 is 11.2 Å². The second-order valence-electron chi connectivity index (χ2n) is 17.0. The zero-order valence-corrected chi connectivity index (χ0v) is 36.2. The largest absolute Gasteiger partial charge is 0.390 e. The van der Waals surface area contributed by atoms with E-state index in [0.717, 1.165) is 36.8 Å². The van der Waals surface area contributed by atoms with Crippen LogP contribution >= 0.6 is 0 Å². The molecule has 1 aliphatic heterocycles. The summed E-state index contributed by atoms with van der Waals surface area (Å²) in [5.74, 6) is 0.0661. The lowest BCUT2D eigenvalue weighted by molar-refractivity contribution is -0.327. The molecule has 54 heavy (non-hydrogen) atoms. The van der Waals surface area contributed by atoms with Gasteiger partial charge >= 0.3 is 0 Å². The van der Waals surface area contributed by atoms with Crippen molar-refractivity contribution < 1.29 is 20.0 Å². The summed E-state index contributed by atoms with van der Waals surface area (Å²) in [6, 6.07) is 0. The molecule has 1 aliphatic rings. The SMILES string of the molecule is CC(C)=CC[C@@H](CC/C(C)=C/C=C/C(C)=C/C=C/C(C)=C/C=C/C=C(C)/C=C/C=C(C)/C=C/C=C(C)/C=C/[C@H](C1CC(C)(C)OO1)C(C)(C)O)C(C)(C)O. The van der Waals surface area contributed by atoms with E-state index in [2.05, 4.69) is 153 Å². The van der Waals surface area contributed by atoms with Gasteiger partial charge in [-0.05, 0) is 122 Å². The summed E-state index contributed by atoms with van der Waals surface area (Å²) >= 11 is 0. The predicted octanol–water partition coefficient (Wildman–Crippen LogP) is 13.4. The van der Waals surface area contributed by atoms with Gasteiger partial charge in [0.25, 0.3) is 0 Å². The summed E-state index contributed by atoms with van der Waals surface area (Å²) in [6.45, 7) is 28.3. The minimum absolute atomic E-state index is 0.181. The van der Waals surface area contributed by atoms with E-state index in [1.165, 1.54) is 27.9 Å². The lowest BCUT2D eigenvalue weighted by Crippen LogP contribution is -2.38. The number of hydrogen-bond acceptors (Lipinski definition) is 4. The zero-order valence-electron chi connectivity index (χ0n) is 36.2. The minimum atomic E-state index is -0.924. The maximum absolute atomic E-state index is 10.7. The molecule has 1 unspecified atom stereocenters. The van der Waals surface area contributed by atoms with E-state index in [-0.39, 0.29) is 23.5 Å². The van der Waals surface area contributed by atoms with Crippen molar-refractivity contribution in [1.82, 2.24) is 0 Å². The van der Waals surface area contributed by atoms with Gasteiger partial charge in [-0.15, -0.1) is 0 Å².